The number of hydrogen-bond donors (Lipinski definition) is 1. The average Bonchev–Trinajstić information content (AvgIpc) is 2.69. The van der Waals surface area contributed by atoms with Gasteiger partial charge in [0.2, 0.25) is 0 Å². The minimum absolute atomic E-state index is 0.481. The Balaban J connectivity index is 1.75. The molecular formula is C11H23NO2. The van der Waals surface area contributed by atoms with E-state index < -0.39 is 0 Å². The van der Waals surface area contributed by atoms with Crippen LogP contribution in [0.3, 0.4) is 0 Å². The minimum Gasteiger partial charge on any atom is -0.385 e. The van der Waals surface area contributed by atoms with Crippen molar-refractivity contribution in [1.82, 2.24) is 5.32 Å². The van der Waals surface area contributed by atoms with Gasteiger partial charge in [0.15, 0.2) is 0 Å². The lowest BCUT2D eigenvalue weighted by Gasteiger charge is -2.10. The van der Waals surface area contributed by atoms with Crippen molar-refractivity contribution in [3.8, 4) is 0 Å². The largest absolute Gasteiger partial charge is 0.385 e. The fourth-order valence-electron chi connectivity index (χ4n) is 1.74. The Morgan fingerprint density at radius 3 is 3.00 bits per heavy atom. The highest BCUT2D eigenvalue weighted by Crippen LogP contribution is 2.10. The molecule has 1 fully saturated rings. The van der Waals surface area contributed by atoms with E-state index in [1.54, 1.807) is 7.11 Å². The van der Waals surface area contributed by atoms with Gasteiger partial charge in [0, 0.05) is 26.9 Å². The van der Waals surface area contributed by atoms with Crippen LogP contribution >= 0.6 is 0 Å². The topological polar surface area (TPSA) is 30.5 Å². The standard InChI is InChI=1S/C11H23NO2/c1-13-8-4-2-3-7-12-10-11-6-5-9-14-11/h11-12H,2-10H2,1H3. The molecule has 0 aromatic heterocycles. The van der Waals surface area contributed by atoms with E-state index in [9.17, 15) is 0 Å². The predicted molar refractivity (Wildman–Crippen MR) is 57.6 cm³/mol. The molecule has 0 saturated carbocycles. The average molecular weight is 201 g/mol. The van der Waals surface area contributed by atoms with Crippen LogP contribution < -0.4 is 5.32 Å². The summed E-state index contributed by atoms with van der Waals surface area (Å²) in [6.07, 6.45) is 6.63. The van der Waals surface area contributed by atoms with E-state index in [2.05, 4.69) is 5.32 Å². The molecule has 1 unspecified atom stereocenters. The molecule has 1 aliphatic rings. The Labute approximate surface area is 87.2 Å². The molecule has 1 atom stereocenters. The highest BCUT2D eigenvalue weighted by atomic mass is 16.5. The van der Waals surface area contributed by atoms with Gasteiger partial charge in [0.25, 0.3) is 0 Å². The Kier molecular flexibility index (Phi) is 7.01. The first-order chi connectivity index (χ1) is 6.93. The van der Waals surface area contributed by atoms with E-state index in [-0.39, 0.29) is 0 Å². The van der Waals surface area contributed by atoms with E-state index in [0.717, 1.165) is 26.3 Å². The van der Waals surface area contributed by atoms with Crippen LogP contribution in [0.25, 0.3) is 0 Å². The van der Waals surface area contributed by atoms with Gasteiger partial charge in [-0.15, -0.1) is 0 Å². The van der Waals surface area contributed by atoms with E-state index in [4.69, 9.17) is 9.47 Å². The van der Waals surface area contributed by atoms with Crippen LogP contribution in [-0.2, 0) is 9.47 Å². The second-order valence-corrected chi connectivity index (χ2v) is 3.89. The van der Waals surface area contributed by atoms with Gasteiger partial charge in [-0.3, -0.25) is 0 Å². The summed E-state index contributed by atoms with van der Waals surface area (Å²) in [7, 11) is 1.76. The second-order valence-electron chi connectivity index (χ2n) is 3.89. The van der Waals surface area contributed by atoms with Crippen LogP contribution in [-0.4, -0.2) is 39.5 Å². The molecule has 84 valence electrons. The summed E-state index contributed by atoms with van der Waals surface area (Å²) in [6.45, 7) is 4.00. The smallest absolute Gasteiger partial charge is 0.0700 e. The Bertz CT molecular complexity index is 124. The van der Waals surface area contributed by atoms with Crippen molar-refractivity contribution in [2.45, 2.75) is 38.2 Å². The highest BCUT2D eigenvalue weighted by Gasteiger charge is 2.13. The fourth-order valence-corrected chi connectivity index (χ4v) is 1.74. The lowest BCUT2D eigenvalue weighted by atomic mass is 10.2. The summed E-state index contributed by atoms with van der Waals surface area (Å²) in [4.78, 5) is 0. The number of rotatable bonds is 8. The number of ether oxygens (including phenoxy) is 2. The molecule has 0 spiro atoms. The van der Waals surface area contributed by atoms with Gasteiger partial charge < -0.3 is 14.8 Å². The maximum Gasteiger partial charge on any atom is 0.0700 e. The maximum absolute atomic E-state index is 5.52. The third-order valence-electron chi connectivity index (χ3n) is 2.60. The SMILES string of the molecule is COCCCCCNCC1CCCO1. The monoisotopic (exact) mass is 201 g/mol. The van der Waals surface area contributed by atoms with Crippen molar-refractivity contribution in [2.75, 3.05) is 33.4 Å². The summed E-state index contributed by atoms with van der Waals surface area (Å²) in [5, 5.41) is 3.44. The summed E-state index contributed by atoms with van der Waals surface area (Å²) >= 11 is 0. The van der Waals surface area contributed by atoms with E-state index in [1.807, 2.05) is 0 Å². The van der Waals surface area contributed by atoms with Gasteiger partial charge in [-0.25, -0.2) is 0 Å². The quantitative estimate of drug-likeness (QED) is 0.605. The molecule has 3 nitrogen and oxygen atoms in total. The first-order valence-electron chi connectivity index (χ1n) is 5.74. The molecule has 0 bridgehead atoms. The maximum atomic E-state index is 5.52. The molecule has 0 aromatic carbocycles. The fraction of sp³-hybridized carbons (Fsp3) is 1.00. The van der Waals surface area contributed by atoms with Gasteiger partial charge in [0.05, 0.1) is 6.10 Å². The molecule has 0 radical (unpaired) electrons. The van der Waals surface area contributed by atoms with Gasteiger partial charge in [-0.2, -0.15) is 0 Å². The van der Waals surface area contributed by atoms with Gasteiger partial charge in [-0.1, -0.05) is 0 Å². The molecule has 14 heavy (non-hydrogen) atoms. The zero-order chi connectivity index (χ0) is 10.1. The summed E-state index contributed by atoms with van der Waals surface area (Å²) < 4.78 is 10.5. The highest BCUT2D eigenvalue weighted by molar-refractivity contribution is 4.67. The van der Waals surface area contributed by atoms with Gasteiger partial charge >= 0.3 is 0 Å². The van der Waals surface area contributed by atoms with Crippen molar-refractivity contribution in [3.05, 3.63) is 0 Å². The number of hydrogen-bond acceptors (Lipinski definition) is 3. The van der Waals surface area contributed by atoms with E-state index in [0.29, 0.717) is 6.10 Å². The predicted octanol–water partition coefficient (Wildman–Crippen LogP) is 1.57. The molecule has 0 aliphatic carbocycles. The van der Waals surface area contributed by atoms with Crippen LogP contribution in [0.1, 0.15) is 32.1 Å². The molecule has 3 heteroatoms. The molecular weight excluding hydrogens is 178 g/mol. The number of methoxy groups -OCH3 is 1. The summed E-state index contributed by atoms with van der Waals surface area (Å²) in [5.74, 6) is 0. The summed E-state index contributed by atoms with van der Waals surface area (Å²) in [5.41, 5.74) is 0. The molecule has 0 aromatic rings. The molecule has 1 rings (SSSR count). The number of nitrogens with one attached hydrogen (secondary N) is 1. The normalized spacial score (nSPS) is 21.6. The van der Waals surface area contributed by atoms with Gasteiger partial charge in [0.1, 0.15) is 0 Å². The summed E-state index contributed by atoms with van der Waals surface area (Å²) in [6, 6.07) is 0. The van der Waals surface area contributed by atoms with Crippen molar-refractivity contribution in [3.63, 3.8) is 0 Å². The van der Waals surface area contributed by atoms with Crippen LogP contribution in [0, 0.1) is 0 Å². The zero-order valence-electron chi connectivity index (χ0n) is 9.26. The molecule has 0 amide bonds. The molecule has 1 saturated heterocycles. The third kappa shape index (κ3) is 5.58. The van der Waals surface area contributed by atoms with Crippen LogP contribution in [0.4, 0.5) is 0 Å². The molecule has 1 aliphatic heterocycles. The van der Waals surface area contributed by atoms with Crippen LogP contribution in [0.2, 0.25) is 0 Å². The minimum atomic E-state index is 0.481. The third-order valence-corrected chi connectivity index (χ3v) is 2.60. The van der Waals surface area contributed by atoms with Crippen molar-refractivity contribution in [1.29, 1.82) is 0 Å². The first-order valence-corrected chi connectivity index (χ1v) is 5.74. The van der Waals surface area contributed by atoms with E-state index >= 15 is 0 Å². The number of unbranched alkanes of at least 4 members (excludes halogenated alkanes) is 2. The van der Waals surface area contributed by atoms with Crippen molar-refractivity contribution in [2.24, 2.45) is 0 Å². The molecule has 1 heterocycles. The lowest BCUT2D eigenvalue weighted by Crippen LogP contribution is -2.27. The Hall–Kier alpha value is -0.120. The molecule has 1 N–H and O–H groups in total. The second kappa shape index (κ2) is 8.21. The Morgan fingerprint density at radius 1 is 1.36 bits per heavy atom. The van der Waals surface area contributed by atoms with Gasteiger partial charge in [-0.05, 0) is 38.6 Å². The van der Waals surface area contributed by atoms with Crippen LogP contribution in [0.5, 0.6) is 0 Å². The lowest BCUT2D eigenvalue weighted by molar-refractivity contribution is 0.110. The zero-order valence-corrected chi connectivity index (χ0v) is 9.26. The van der Waals surface area contributed by atoms with E-state index in [1.165, 1.54) is 32.1 Å². The Morgan fingerprint density at radius 2 is 2.29 bits per heavy atom. The first kappa shape index (κ1) is 12.0. The van der Waals surface area contributed by atoms with Crippen LogP contribution in [0.15, 0.2) is 0 Å². The van der Waals surface area contributed by atoms with Crippen molar-refractivity contribution >= 4 is 0 Å². The van der Waals surface area contributed by atoms with Crippen molar-refractivity contribution < 1.29 is 9.47 Å².